The minimum Gasteiger partial charge on any atom is -0.480 e. The first-order chi connectivity index (χ1) is 9.66. The molecule has 0 saturated carbocycles. The van der Waals surface area contributed by atoms with Crippen molar-refractivity contribution in [1.82, 2.24) is 0 Å². The molecule has 0 aliphatic heterocycles. The van der Waals surface area contributed by atoms with Gasteiger partial charge in [-0.1, -0.05) is 54.6 Å². The maximum Gasteiger partial charge on any atom is 0.320 e. The highest BCUT2D eigenvalue weighted by molar-refractivity contribution is 5.73. The predicted octanol–water partition coefficient (Wildman–Crippen LogP) is 2.43. The quantitative estimate of drug-likeness (QED) is 0.846. The summed E-state index contributed by atoms with van der Waals surface area (Å²) in [6.45, 7) is 0. The van der Waals surface area contributed by atoms with Crippen molar-refractivity contribution in [3.05, 3.63) is 71.3 Å². The van der Waals surface area contributed by atoms with Crippen molar-refractivity contribution in [2.45, 2.75) is 25.3 Å². The highest BCUT2D eigenvalue weighted by Gasteiger charge is 2.14. The number of hydrogen-bond donors (Lipinski definition) is 2. The third-order valence-corrected chi connectivity index (χ3v) is 3.40. The molecule has 2 aromatic carbocycles. The number of carboxylic acid groups (broad SMARTS) is 1. The lowest BCUT2D eigenvalue weighted by atomic mass is 9.96. The van der Waals surface area contributed by atoms with Gasteiger partial charge in [-0.3, -0.25) is 4.79 Å². The summed E-state index contributed by atoms with van der Waals surface area (Å²) in [6, 6.07) is 17.3. The Labute approximate surface area is 119 Å². The Hall–Kier alpha value is -2.13. The smallest absolute Gasteiger partial charge is 0.320 e. The molecular weight excluding hydrogens is 250 g/mol. The van der Waals surface area contributed by atoms with Crippen molar-refractivity contribution in [2.24, 2.45) is 5.73 Å². The van der Waals surface area contributed by atoms with Gasteiger partial charge >= 0.3 is 5.97 Å². The molecule has 1 atom stereocenters. The molecular formula is C17H19NO2. The minimum atomic E-state index is -0.956. The van der Waals surface area contributed by atoms with E-state index >= 15 is 0 Å². The first-order valence-electron chi connectivity index (χ1n) is 6.76. The van der Waals surface area contributed by atoms with Gasteiger partial charge in [-0.05, 0) is 36.0 Å². The van der Waals surface area contributed by atoms with E-state index in [0.717, 1.165) is 18.4 Å². The number of aryl methyl sites for hydroxylation is 2. The van der Waals surface area contributed by atoms with E-state index < -0.39 is 12.0 Å². The van der Waals surface area contributed by atoms with Crippen LogP contribution in [0.5, 0.6) is 0 Å². The van der Waals surface area contributed by atoms with E-state index in [1.807, 2.05) is 42.5 Å². The summed E-state index contributed by atoms with van der Waals surface area (Å²) >= 11 is 0. The Kier molecular flexibility index (Phi) is 4.91. The summed E-state index contributed by atoms with van der Waals surface area (Å²) in [6.07, 6.45) is 2.22. The van der Waals surface area contributed by atoms with E-state index in [4.69, 9.17) is 10.8 Å². The maximum absolute atomic E-state index is 10.9. The zero-order valence-electron chi connectivity index (χ0n) is 11.3. The summed E-state index contributed by atoms with van der Waals surface area (Å²) in [4.78, 5) is 10.9. The lowest BCUT2D eigenvalue weighted by molar-refractivity contribution is -0.138. The molecule has 0 aliphatic rings. The Bertz CT molecular complexity index is 566. The van der Waals surface area contributed by atoms with Gasteiger partial charge in [0.2, 0.25) is 0 Å². The molecule has 0 saturated heterocycles. The van der Waals surface area contributed by atoms with Gasteiger partial charge in [-0.2, -0.15) is 0 Å². The van der Waals surface area contributed by atoms with Crippen molar-refractivity contribution in [3.8, 4) is 0 Å². The average molecular weight is 269 g/mol. The van der Waals surface area contributed by atoms with E-state index in [0.29, 0.717) is 6.42 Å². The van der Waals surface area contributed by atoms with Crippen LogP contribution in [0.3, 0.4) is 0 Å². The van der Waals surface area contributed by atoms with Gasteiger partial charge in [-0.25, -0.2) is 0 Å². The second kappa shape index (κ2) is 6.87. The van der Waals surface area contributed by atoms with Crippen molar-refractivity contribution < 1.29 is 9.90 Å². The van der Waals surface area contributed by atoms with Crippen LogP contribution in [0.1, 0.15) is 16.7 Å². The van der Waals surface area contributed by atoms with E-state index in [2.05, 4.69) is 12.1 Å². The third kappa shape index (κ3) is 3.93. The molecule has 0 spiro atoms. The first-order valence-corrected chi connectivity index (χ1v) is 6.76. The van der Waals surface area contributed by atoms with Crippen LogP contribution in [-0.4, -0.2) is 17.1 Å². The molecule has 0 aromatic heterocycles. The normalized spacial score (nSPS) is 12.1. The first kappa shape index (κ1) is 14.3. The molecule has 0 bridgehead atoms. The summed E-state index contributed by atoms with van der Waals surface area (Å²) in [5.74, 6) is -0.956. The summed E-state index contributed by atoms with van der Waals surface area (Å²) in [5.41, 5.74) is 9.11. The molecule has 2 aromatic rings. The van der Waals surface area contributed by atoms with Crippen molar-refractivity contribution in [1.29, 1.82) is 0 Å². The average Bonchev–Trinajstić information content (AvgIpc) is 2.47. The molecule has 3 nitrogen and oxygen atoms in total. The molecule has 2 rings (SSSR count). The van der Waals surface area contributed by atoms with Gasteiger partial charge in [0.15, 0.2) is 0 Å². The number of benzene rings is 2. The fourth-order valence-corrected chi connectivity index (χ4v) is 2.25. The highest BCUT2D eigenvalue weighted by Crippen LogP contribution is 2.14. The molecule has 3 N–H and O–H groups in total. The number of nitrogens with two attached hydrogens (primary N) is 1. The second-order valence-electron chi connectivity index (χ2n) is 4.90. The summed E-state index contributed by atoms with van der Waals surface area (Å²) in [5, 5.41) is 8.92. The largest absolute Gasteiger partial charge is 0.480 e. The SMILES string of the molecule is NC(Cc1ccccc1CCc1ccccc1)C(=O)O. The molecule has 3 heteroatoms. The van der Waals surface area contributed by atoms with Crippen LogP contribution in [0.25, 0.3) is 0 Å². The Morgan fingerprint density at radius 1 is 0.950 bits per heavy atom. The number of hydrogen-bond acceptors (Lipinski definition) is 2. The van der Waals surface area contributed by atoms with Crippen LogP contribution < -0.4 is 5.73 Å². The van der Waals surface area contributed by atoms with Crippen LogP contribution in [0, 0.1) is 0 Å². The highest BCUT2D eigenvalue weighted by atomic mass is 16.4. The van der Waals surface area contributed by atoms with Gasteiger partial charge < -0.3 is 10.8 Å². The minimum absolute atomic E-state index is 0.375. The van der Waals surface area contributed by atoms with Gasteiger partial charge in [0.05, 0.1) is 0 Å². The molecule has 0 radical (unpaired) electrons. The molecule has 0 heterocycles. The molecule has 0 fully saturated rings. The van der Waals surface area contributed by atoms with Crippen LogP contribution in [0.2, 0.25) is 0 Å². The predicted molar refractivity (Wildman–Crippen MR) is 79.6 cm³/mol. The van der Waals surface area contributed by atoms with Gasteiger partial charge in [0.25, 0.3) is 0 Å². The number of rotatable bonds is 6. The summed E-state index contributed by atoms with van der Waals surface area (Å²) < 4.78 is 0. The van der Waals surface area contributed by atoms with Crippen molar-refractivity contribution in [2.75, 3.05) is 0 Å². The van der Waals surface area contributed by atoms with Gasteiger partial charge in [0, 0.05) is 0 Å². The van der Waals surface area contributed by atoms with E-state index in [-0.39, 0.29) is 0 Å². The molecule has 0 amide bonds. The number of carboxylic acids is 1. The molecule has 20 heavy (non-hydrogen) atoms. The lowest BCUT2D eigenvalue weighted by Crippen LogP contribution is -2.32. The zero-order valence-corrected chi connectivity index (χ0v) is 11.3. The zero-order chi connectivity index (χ0) is 14.4. The van der Waals surface area contributed by atoms with E-state index in [1.165, 1.54) is 11.1 Å². The summed E-state index contributed by atoms with van der Waals surface area (Å²) in [7, 11) is 0. The third-order valence-electron chi connectivity index (χ3n) is 3.40. The van der Waals surface area contributed by atoms with Crippen LogP contribution in [-0.2, 0) is 24.1 Å². The lowest BCUT2D eigenvalue weighted by Gasteiger charge is -2.12. The second-order valence-corrected chi connectivity index (χ2v) is 4.90. The molecule has 0 aliphatic carbocycles. The van der Waals surface area contributed by atoms with Gasteiger partial charge in [-0.15, -0.1) is 0 Å². The van der Waals surface area contributed by atoms with Crippen LogP contribution in [0.15, 0.2) is 54.6 Å². The number of aliphatic carboxylic acids is 1. The Balaban J connectivity index is 2.06. The maximum atomic E-state index is 10.9. The fourth-order valence-electron chi connectivity index (χ4n) is 2.25. The Morgan fingerprint density at radius 3 is 2.20 bits per heavy atom. The number of carbonyl (C=O) groups is 1. The monoisotopic (exact) mass is 269 g/mol. The van der Waals surface area contributed by atoms with Crippen molar-refractivity contribution >= 4 is 5.97 Å². The molecule has 104 valence electrons. The fraction of sp³-hybridized carbons (Fsp3) is 0.235. The molecule has 1 unspecified atom stereocenters. The van der Waals surface area contributed by atoms with Crippen LogP contribution in [0.4, 0.5) is 0 Å². The topological polar surface area (TPSA) is 63.3 Å². The van der Waals surface area contributed by atoms with E-state index in [9.17, 15) is 4.79 Å². The standard InChI is InChI=1S/C17H19NO2/c18-16(17(19)20)12-15-9-5-4-8-14(15)11-10-13-6-2-1-3-7-13/h1-9,16H,10-12,18H2,(H,19,20). The van der Waals surface area contributed by atoms with Crippen molar-refractivity contribution in [3.63, 3.8) is 0 Å². The van der Waals surface area contributed by atoms with E-state index in [1.54, 1.807) is 0 Å². The Morgan fingerprint density at radius 2 is 1.55 bits per heavy atom. The van der Waals surface area contributed by atoms with Crippen LogP contribution >= 0.6 is 0 Å². The van der Waals surface area contributed by atoms with Gasteiger partial charge in [0.1, 0.15) is 6.04 Å².